The van der Waals surface area contributed by atoms with Crippen molar-refractivity contribution < 1.29 is 9.53 Å². The maximum Gasteiger partial charge on any atom is 0.159 e. The molecule has 0 aliphatic rings. The molecule has 3 heteroatoms. The van der Waals surface area contributed by atoms with Crippen molar-refractivity contribution in [1.29, 1.82) is 0 Å². The monoisotopic (exact) mass is 196 g/mol. The summed E-state index contributed by atoms with van der Waals surface area (Å²) in [5.74, 6) is 0.804. The van der Waals surface area contributed by atoms with Crippen LogP contribution in [0.2, 0.25) is 0 Å². The van der Waals surface area contributed by atoms with Crippen molar-refractivity contribution in [3.05, 3.63) is 35.9 Å². The first-order valence-electron chi connectivity index (χ1n) is 4.00. The fourth-order valence-corrected chi connectivity index (χ4v) is 1.68. The number of thioether (sulfide) groups is 1. The summed E-state index contributed by atoms with van der Waals surface area (Å²) in [4.78, 5) is 10.4. The van der Waals surface area contributed by atoms with E-state index in [-0.39, 0.29) is 5.44 Å². The number of carbonyl (C=O) groups excluding carboxylic acids is 1. The first kappa shape index (κ1) is 10.3. The van der Waals surface area contributed by atoms with Gasteiger partial charge in [0, 0.05) is 12.9 Å². The molecule has 0 aromatic heterocycles. The molecule has 0 heterocycles. The van der Waals surface area contributed by atoms with E-state index >= 15 is 0 Å². The lowest BCUT2D eigenvalue weighted by molar-refractivity contribution is -0.112. The molecule has 2 nitrogen and oxygen atoms in total. The quantitative estimate of drug-likeness (QED) is 0.533. The minimum absolute atomic E-state index is 0.347. The molecule has 0 aliphatic heterocycles. The van der Waals surface area contributed by atoms with E-state index in [0.29, 0.717) is 0 Å². The Morgan fingerprint density at radius 2 is 2.15 bits per heavy atom. The van der Waals surface area contributed by atoms with Gasteiger partial charge in [-0.15, -0.1) is 11.8 Å². The van der Waals surface area contributed by atoms with Crippen molar-refractivity contribution in [3.63, 3.8) is 0 Å². The molecule has 1 unspecified atom stereocenters. The van der Waals surface area contributed by atoms with Crippen molar-refractivity contribution in [3.8, 4) is 0 Å². The molecular formula is C10H12O2S. The number of ether oxygens (including phenoxy) is 1. The van der Waals surface area contributed by atoms with Crippen LogP contribution in [-0.4, -0.2) is 18.8 Å². The molecule has 0 saturated carbocycles. The fraction of sp³-hybridized carbons (Fsp3) is 0.300. The summed E-state index contributed by atoms with van der Waals surface area (Å²) in [7, 11) is 1.54. The maximum atomic E-state index is 10.4. The molecule has 0 saturated heterocycles. The van der Waals surface area contributed by atoms with Crippen LogP contribution in [0.4, 0.5) is 0 Å². The van der Waals surface area contributed by atoms with Crippen LogP contribution in [0.15, 0.2) is 30.3 Å². The van der Waals surface area contributed by atoms with E-state index in [2.05, 4.69) is 0 Å². The lowest BCUT2D eigenvalue weighted by Crippen LogP contribution is -2.06. The number of benzene rings is 1. The van der Waals surface area contributed by atoms with Crippen molar-refractivity contribution in [2.24, 2.45) is 0 Å². The van der Waals surface area contributed by atoms with Crippen LogP contribution >= 0.6 is 11.8 Å². The predicted molar refractivity (Wildman–Crippen MR) is 54.6 cm³/mol. The maximum absolute atomic E-state index is 10.4. The molecule has 0 radical (unpaired) electrons. The van der Waals surface area contributed by atoms with E-state index < -0.39 is 0 Å². The Morgan fingerprint density at radius 3 is 2.69 bits per heavy atom. The second-order valence-corrected chi connectivity index (χ2v) is 3.62. The van der Waals surface area contributed by atoms with Gasteiger partial charge in [0.1, 0.15) is 0 Å². The molecule has 0 N–H and O–H groups in total. The Morgan fingerprint density at radius 1 is 1.46 bits per heavy atom. The second kappa shape index (κ2) is 5.78. The molecule has 0 aliphatic carbocycles. The molecule has 1 rings (SSSR count). The Bertz CT molecular complexity index is 248. The van der Waals surface area contributed by atoms with Gasteiger partial charge in [-0.2, -0.15) is 0 Å². The average Bonchev–Trinajstić information content (AvgIpc) is 2.21. The predicted octanol–water partition coefficient (Wildman–Crippen LogP) is 2.09. The highest BCUT2D eigenvalue weighted by atomic mass is 32.2. The van der Waals surface area contributed by atoms with Gasteiger partial charge in [-0.05, 0) is 5.56 Å². The number of hydrogen-bond acceptors (Lipinski definition) is 3. The molecule has 0 bridgehead atoms. The summed E-state index contributed by atoms with van der Waals surface area (Å²) in [6.45, 7) is 0. The summed E-state index contributed by atoms with van der Waals surface area (Å²) in [6, 6.07) is 10.0. The van der Waals surface area contributed by atoms with Gasteiger partial charge in [0.15, 0.2) is 11.7 Å². The Kier molecular flexibility index (Phi) is 4.57. The summed E-state index contributed by atoms with van der Waals surface area (Å²) < 4.78 is 4.92. The molecular weight excluding hydrogens is 184 g/mol. The molecule has 1 atom stereocenters. The van der Waals surface area contributed by atoms with E-state index in [1.165, 1.54) is 24.4 Å². The number of hydrogen-bond donors (Lipinski definition) is 0. The van der Waals surface area contributed by atoms with Crippen molar-refractivity contribution >= 4 is 18.0 Å². The van der Waals surface area contributed by atoms with E-state index in [4.69, 9.17) is 4.74 Å². The SMILES string of the molecule is COC(C=O)SCc1ccccc1. The van der Waals surface area contributed by atoms with E-state index in [1.807, 2.05) is 30.3 Å². The zero-order valence-electron chi connectivity index (χ0n) is 7.47. The minimum Gasteiger partial charge on any atom is -0.363 e. The third-order valence-corrected chi connectivity index (χ3v) is 2.73. The highest BCUT2D eigenvalue weighted by Gasteiger charge is 2.04. The third-order valence-electron chi connectivity index (χ3n) is 1.60. The molecule has 1 aromatic carbocycles. The fourth-order valence-electron chi connectivity index (χ4n) is 0.915. The van der Waals surface area contributed by atoms with Crippen LogP contribution in [0, 0.1) is 0 Å². The van der Waals surface area contributed by atoms with E-state index in [0.717, 1.165) is 12.0 Å². The lowest BCUT2D eigenvalue weighted by atomic mass is 10.2. The number of carbonyl (C=O) groups is 1. The molecule has 0 amide bonds. The smallest absolute Gasteiger partial charge is 0.159 e. The van der Waals surface area contributed by atoms with Gasteiger partial charge in [-0.3, -0.25) is 4.79 Å². The summed E-state index contributed by atoms with van der Waals surface area (Å²) in [5.41, 5.74) is 0.858. The van der Waals surface area contributed by atoms with Crippen LogP contribution in [-0.2, 0) is 15.3 Å². The molecule has 70 valence electrons. The van der Waals surface area contributed by atoms with Gasteiger partial charge >= 0.3 is 0 Å². The van der Waals surface area contributed by atoms with Gasteiger partial charge in [0.25, 0.3) is 0 Å². The first-order chi connectivity index (χ1) is 6.36. The molecule has 1 aromatic rings. The topological polar surface area (TPSA) is 26.3 Å². The molecule has 0 fully saturated rings. The van der Waals surface area contributed by atoms with Crippen LogP contribution in [0.5, 0.6) is 0 Å². The first-order valence-corrected chi connectivity index (χ1v) is 5.05. The summed E-state index contributed by atoms with van der Waals surface area (Å²) >= 11 is 1.48. The highest BCUT2D eigenvalue weighted by molar-refractivity contribution is 7.99. The van der Waals surface area contributed by atoms with E-state index in [9.17, 15) is 4.79 Å². The molecule has 0 spiro atoms. The van der Waals surface area contributed by atoms with Crippen LogP contribution in [0.25, 0.3) is 0 Å². The van der Waals surface area contributed by atoms with Gasteiger partial charge < -0.3 is 4.74 Å². The standard InChI is InChI=1S/C10H12O2S/c1-12-10(7-11)13-8-9-5-3-2-4-6-9/h2-7,10H,8H2,1H3. The van der Waals surface area contributed by atoms with Crippen LogP contribution < -0.4 is 0 Å². The van der Waals surface area contributed by atoms with E-state index in [1.54, 1.807) is 0 Å². The normalized spacial score (nSPS) is 12.4. The number of aldehydes is 1. The zero-order valence-corrected chi connectivity index (χ0v) is 8.29. The second-order valence-electron chi connectivity index (χ2n) is 2.54. The van der Waals surface area contributed by atoms with Gasteiger partial charge in [0.2, 0.25) is 0 Å². The highest BCUT2D eigenvalue weighted by Crippen LogP contribution is 2.16. The van der Waals surface area contributed by atoms with Crippen molar-refractivity contribution in [2.75, 3.05) is 7.11 Å². The van der Waals surface area contributed by atoms with Gasteiger partial charge in [-0.25, -0.2) is 0 Å². The van der Waals surface area contributed by atoms with Gasteiger partial charge in [0.05, 0.1) is 0 Å². The third kappa shape index (κ3) is 3.61. The minimum atomic E-state index is -0.347. The Labute approximate surface area is 82.3 Å². The molecule has 13 heavy (non-hydrogen) atoms. The van der Waals surface area contributed by atoms with Crippen molar-refractivity contribution in [2.45, 2.75) is 11.2 Å². The van der Waals surface area contributed by atoms with Crippen molar-refractivity contribution in [1.82, 2.24) is 0 Å². The lowest BCUT2D eigenvalue weighted by Gasteiger charge is -2.06. The van der Waals surface area contributed by atoms with Gasteiger partial charge in [-0.1, -0.05) is 30.3 Å². The zero-order chi connectivity index (χ0) is 9.52. The number of methoxy groups -OCH3 is 1. The Balaban J connectivity index is 2.38. The van der Waals surface area contributed by atoms with Crippen LogP contribution in [0.3, 0.4) is 0 Å². The largest absolute Gasteiger partial charge is 0.363 e. The average molecular weight is 196 g/mol. The summed E-state index contributed by atoms with van der Waals surface area (Å²) in [6.07, 6.45) is 0.813. The summed E-state index contributed by atoms with van der Waals surface area (Å²) in [5, 5.41) is 0. The number of rotatable bonds is 5. The van der Waals surface area contributed by atoms with Crippen LogP contribution in [0.1, 0.15) is 5.56 Å². The Hall–Kier alpha value is -0.800.